The molecule has 0 fully saturated rings. The second kappa shape index (κ2) is 3.37. The van der Waals surface area contributed by atoms with E-state index in [1.807, 2.05) is 0 Å². The summed E-state index contributed by atoms with van der Waals surface area (Å²) in [5.74, 6) is -0.155. The summed E-state index contributed by atoms with van der Waals surface area (Å²) in [5, 5.41) is 0. The summed E-state index contributed by atoms with van der Waals surface area (Å²) < 4.78 is 0. The van der Waals surface area contributed by atoms with Gasteiger partial charge in [0.25, 0.3) is 0 Å². The fraction of sp³-hybridized carbons (Fsp3) is 0.500. The lowest BCUT2D eigenvalue weighted by Crippen LogP contribution is -2.37. The molecule has 9 heavy (non-hydrogen) atoms. The molecule has 0 rings (SSSR count). The number of hydrogen-bond acceptors (Lipinski definition) is 3. The molecule has 0 heterocycles. The number of carbonyl (C=O) groups excluding carboxylic acids is 1. The molecule has 0 aliphatic carbocycles. The summed E-state index contributed by atoms with van der Waals surface area (Å²) >= 11 is 0. The normalized spacial score (nSPS) is 12.8. The Morgan fingerprint density at radius 1 is 1.78 bits per heavy atom. The maximum atomic E-state index is 10.8. The standard InChI is InChI=1S/C6H12N2O/c1-4(2)6(9)5(8)3-7/h5H,1,3,7-8H2,2H3. The molecule has 0 saturated carbocycles. The Morgan fingerprint density at radius 3 is 2.33 bits per heavy atom. The van der Waals surface area contributed by atoms with Gasteiger partial charge in [0, 0.05) is 6.54 Å². The van der Waals surface area contributed by atoms with Crippen LogP contribution in [0, 0.1) is 0 Å². The molecule has 3 heteroatoms. The predicted octanol–water partition coefficient (Wildman–Crippen LogP) is -0.582. The first-order chi connectivity index (χ1) is 4.09. The highest BCUT2D eigenvalue weighted by Gasteiger charge is 2.10. The number of carbonyl (C=O) groups is 1. The van der Waals surface area contributed by atoms with Gasteiger partial charge in [-0.25, -0.2) is 0 Å². The average molecular weight is 128 g/mol. The van der Waals surface area contributed by atoms with Gasteiger partial charge in [-0.1, -0.05) is 6.58 Å². The molecule has 4 N–H and O–H groups in total. The summed E-state index contributed by atoms with van der Waals surface area (Å²) in [6.45, 7) is 5.25. The van der Waals surface area contributed by atoms with Crippen molar-refractivity contribution >= 4 is 5.78 Å². The number of Topliss-reactive ketones (excluding diaryl/α,β-unsaturated/α-hetero) is 1. The van der Waals surface area contributed by atoms with Crippen LogP contribution < -0.4 is 11.5 Å². The minimum Gasteiger partial charge on any atom is -0.328 e. The van der Waals surface area contributed by atoms with Crippen LogP contribution in [0.4, 0.5) is 0 Å². The van der Waals surface area contributed by atoms with Crippen LogP contribution in [0.1, 0.15) is 6.92 Å². The van der Waals surface area contributed by atoms with E-state index in [1.165, 1.54) is 0 Å². The van der Waals surface area contributed by atoms with Crippen molar-refractivity contribution in [2.24, 2.45) is 11.5 Å². The van der Waals surface area contributed by atoms with E-state index in [-0.39, 0.29) is 12.3 Å². The van der Waals surface area contributed by atoms with Gasteiger partial charge in [-0.05, 0) is 12.5 Å². The summed E-state index contributed by atoms with van der Waals surface area (Å²) in [6.07, 6.45) is 0. The minimum atomic E-state index is -0.567. The molecule has 0 aliphatic rings. The Balaban J connectivity index is 3.88. The molecule has 1 unspecified atom stereocenters. The summed E-state index contributed by atoms with van der Waals surface area (Å²) in [5.41, 5.74) is 10.9. The van der Waals surface area contributed by atoms with Crippen LogP contribution in [0.2, 0.25) is 0 Å². The lowest BCUT2D eigenvalue weighted by molar-refractivity contribution is -0.116. The average Bonchev–Trinajstić information content (AvgIpc) is 1.84. The Bertz CT molecular complexity index is 131. The molecule has 0 saturated heterocycles. The van der Waals surface area contributed by atoms with Gasteiger partial charge in [0.15, 0.2) is 5.78 Å². The van der Waals surface area contributed by atoms with Gasteiger partial charge in [-0.3, -0.25) is 4.79 Å². The zero-order valence-corrected chi connectivity index (χ0v) is 5.55. The number of rotatable bonds is 3. The molecular formula is C6H12N2O. The molecular weight excluding hydrogens is 116 g/mol. The molecule has 0 radical (unpaired) electrons. The van der Waals surface area contributed by atoms with Gasteiger partial charge >= 0.3 is 0 Å². The number of ketones is 1. The van der Waals surface area contributed by atoms with Gasteiger partial charge in [0.2, 0.25) is 0 Å². The Labute approximate surface area is 54.7 Å². The first-order valence-electron chi connectivity index (χ1n) is 2.75. The van der Waals surface area contributed by atoms with E-state index in [1.54, 1.807) is 6.92 Å². The Morgan fingerprint density at radius 2 is 2.22 bits per heavy atom. The fourth-order valence-corrected chi connectivity index (χ4v) is 0.424. The van der Waals surface area contributed by atoms with Crippen LogP contribution in [-0.4, -0.2) is 18.4 Å². The van der Waals surface area contributed by atoms with Crippen molar-refractivity contribution in [3.63, 3.8) is 0 Å². The third-order valence-corrected chi connectivity index (χ3v) is 1.01. The van der Waals surface area contributed by atoms with Crippen LogP contribution in [0.3, 0.4) is 0 Å². The van der Waals surface area contributed by atoms with Gasteiger partial charge < -0.3 is 11.5 Å². The van der Waals surface area contributed by atoms with Crippen molar-refractivity contribution < 1.29 is 4.79 Å². The molecule has 0 aromatic rings. The predicted molar refractivity (Wildman–Crippen MR) is 36.9 cm³/mol. The van der Waals surface area contributed by atoms with Gasteiger partial charge in [0.1, 0.15) is 0 Å². The molecule has 0 amide bonds. The van der Waals surface area contributed by atoms with E-state index in [2.05, 4.69) is 6.58 Å². The fourth-order valence-electron chi connectivity index (χ4n) is 0.424. The molecule has 0 aromatic carbocycles. The smallest absolute Gasteiger partial charge is 0.175 e. The first-order valence-corrected chi connectivity index (χ1v) is 2.75. The van der Waals surface area contributed by atoms with Crippen LogP contribution in [0.5, 0.6) is 0 Å². The molecule has 1 atom stereocenters. The van der Waals surface area contributed by atoms with E-state index in [0.29, 0.717) is 5.57 Å². The maximum Gasteiger partial charge on any atom is 0.175 e. The van der Waals surface area contributed by atoms with Crippen molar-refractivity contribution in [1.82, 2.24) is 0 Å². The van der Waals surface area contributed by atoms with E-state index < -0.39 is 6.04 Å². The van der Waals surface area contributed by atoms with Crippen LogP contribution >= 0.6 is 0 Å². The SMILES string of the molecule is C=C(C)C(=O)C(N)CN. The number of hydrogen-bond donors (Lipinski definition) is 2. The third-order valence-electron chi connectivity index (χ3n) is 1.01. The minimum absolute atomic E-state index is 0.155. The van der Waals surface area contributed by atoms with Crippen LogP contribution in [-0.2, 0) is 4.79 Å². The van der Waals surface area contributed by atoms with E-state index >= 15 is 0 Å². The van der Waals surface area contributed by atoms with Gasteiger partial charge in [0.05, 0.1) is 6.04 Å². The highest BCUT2D eigenvalue weighted by atomic mass is 16.1. The summed E-state index contributed by atoms with van der Waals surface area (Å²) in [6, 6.07) is -0.567. The lowest BCUT2D eigenvalue weighted by atomic mass is 10.1. The highest BCUT2D eigenvalue weighted by molar-refractivity contribution is 5.98. The van der Waals surface area contributed by atoms with Gasteiger partial charge in [-0.15, -0.1) is 0 Å². The largest absolute Gasteiger partial charge is 0.328 e. The van der Waals surface area contributed by atoms with Crippen LogP contribution in [0.25, 0.3) is 0 Å². The second-order valence-corrected chi connectivity index (χ2v) is 1.99. The van der Waals surface area contributed by atoms with Crippen molar-refractivity contribution in [3.8, 4) is 0 Å². The second-order valence-electron chi connectivity index (χ2n) is 1.99. The highest BCUT2D eigenvalue weighted by Crippen LogP contribution is 1.91. The monoisotopic (exact) mass is 128 g/mol. The van der Waals surface area contributed by atoms with E-state index in [9.17, 15) is 4.79 Å². The van der Waals surface area contributed by atoms with Crippen molar-refractivity contribution in [1.29, 1.82) is 0 Å². The Hall–Kier alpha value is -0.670. The molecule has 52 valence electrons. The van der Waals surface area contributed by atoms with E-state index in [4.69, 9.17) is 11.5 Å². The Kier molecular flexibility index (Phi) is 3.12. The molecule has 0 spiro atoms. The topological polar surface area (TPSA) is 69.1 Å². The zero-order valence-electron chi connectivity index (χ0n) is 5.55. The zero-order chi connectivity index (χ0) is 7.44. The van der Waals surface area contributed by atoms with Crippen molar-refractivity contribution in [3.05, 3.63) is 12.2 Å². The molecule has 0 aromatic heterocycles. The quantitative estimate of drug-likeness (QED) is 0.499. The first kappa shape index (κ1) is 8.33. The van der Waals surface area contributed by atoms with Gasteiger partial charge in [-0.2, -0.15) is 0 Å². The molecule has 0 aliphatic heterocycles. The summed E-state index contributed by atoms with van der Waals surface area (Å²) in [4.78, 5) is 10.8. The third kappa shape index (κ3) is 2.39. The van der Waals surface area contributed by atoms with Crippen molar-refractivity contribution in [2.45, 2.75) is 13.0 Å². The van der Waals surface area contributed by atoms with Crippen molar-refractivity contribution in [2.75, 3.05) is 6.54 Å². The molecule has 3 nitrogen and oxygen atoms in total. The maximum absolute atomic E-state index is 10.8. The summed E-state index contributed by atoms with van der Waals surface area (Å²) in [7, 11) is 0. The van der Waals surface area contributed by atoms with E-state index in [0.717, 1.165) is 0 Å². The molecule has 0 bridgehead atoms. The lowest BCUT2D eigenvalue weighted by Gasteiger charge is -2.04. The number of nitrogens with two attached hydrogens (primary N) is 2. The van der Waals surface area contributed by atoms with Crippen LogP contribution in [0.15, 0.2) is 12.2 Å².